The average Bonchev–Trinajstić information content (AvgIpc) is 2.83. The highest BCUT2D eigenvalue weighted by atomic mass is 32.1. The van der Waals surface area contributed by atoms with Gasteiger partial charge in [-0.05, 0) is 6.92 Å². The molecule has 0 unspecified atom stereocenters. The van der Waals surface area contributed by atoms with Crippen LogP contribution in [0.1, 0.15) is 11.9 Å². The molecule has 0 spiro atoms. The molecular weight excluding hydrogens is 226 g/mol. The van der Waals surface area contributed by atoms with Gasteiger partial charge in [0.1, 0.15) is 5.01 Å². The Balaban J connectivity index is 2.20. The van der Waals surface area contributed by atoms with Crippen molar-refractivity contribution in [2.45, 2.75) is 19.9 Å². The van der Waals surface area contributed by atoms with Crippen molar-refractivity contribution in [1.29, 1.82) is 0 Å². The fraction of sp³-hybridized carbons (Fsp3) is 0.300. The summed E-state index contributed by atoms with van der Waals surface area (Å²) < 4.78 is 1.81. The van der Waals surface area contributed by atoms with Crippen molar-refractivity contribution in [1.82, 2.24) is 14.8 Å². The molecule has 0 aliphatic rings. The normalized spacial score (nSPS) is 10.6. The highest BCUT2D eigenvalue weighted by Crippen LogP contribution is 2.21. The molecule has 0 aliphatic heterocycles. The molecule has 2 rings (SSSR count). The molecule has 5 nitrogen and oxygen atoms in total. The summed E-state index contributed by atoms with van der Waals surface area (Å²) in [6, 6.07) is 0. The van der Waals surface area contributed by atoms with Gasteiger partial charge >= 0.3 is 5.97 Å². The molecule has 6 heteroatoms. The minimum atomic E-state index is -0.856. The number of carbonyl (C=O) groups is 1. The smallest absolute Gasteiger partial charge is 0.310 e. The van der Waals surface area contributed by atoms with Gasteiger partial charge in [-0.3, -0.25) is 9.48 Å². The van der Waals surface area contributed by atoms with E-state index in [1.807, 2.05) is 23.2 Å². The van der Waals surface area contributed by atoms with Gasteiger partial charge in [-0.2, -0.15) is 5.10 Å². The summed E-state index contributed by atoms with van der Waals surface area (Å²) >= 11 is 1.36. The average molecular weight is 237 g/mol. The van der Waals surface area contributed by atoms with Gasteiger partial charge in [0.2, 0.25) is 0 Å². The summed E-state index contributed by atoms with van der Waals surface area (Å²) in [5.41, 5.74) is 1.72. The van der Waals surface area contributed by atoms with E-state index in [9.17, 15) is 4.79 Å². The van der Waals surface area contributed by atoms with E-state index in [0.717, 1.165) is 17.8 Å². The maximum atomic E-state index is 10.5. The van der Waals surface area contributed by atoms with E-state index < -0.39 is 5.97 Å². The highest BCUT2D eigenvalue weighted by Gasteiger charge is 2.09. The quantitative estimate of drug-likeness (QED) is 0.878. The van der Waals surface area contributed by atoms with Crippen LogP contribution in [0.15, 0.2) is 17.8 Å². The standard InChI is InChI=1S/C10H11N3O2S/c1-2-13-5-7(4-11-13)8-6-16-9(12-8)3-10(14)15/h4-6H,2-3H2,1H3,(H,14,15). The lowest BCUT2D eigenvalue weighted by Gasteiger charge is -1.91. The first-order valence-electron chi connectivity index (χ1n) is 4.88. The maximum absolute atomic E-state index is 10.5. The van der Waals surface area contributed by atoms with Crippen molar-refractivity contribution < 1.29 is 9.90 Å². The molecule has 0 aliphatic carbocycles. The SMILES string of the molecule is CCn1cc(-c2csc(CC(=O)O)n2)cn1. The van der Waals surface area contributed by atoms with E-state index in [-0.39, 0.29) is 6.42 Å². The third-order valence-electron chi connectivity index (χ3n) is 2.11. The summed E-state index contributed by atoms with van der Waals surface area (Å²) in [5, 5.41) is 15.3. The molecule has 0 amide bonds. The molecule has 1 N–H and O–H groups in total. The van der Waals surface area contributed by atoms with E-state index in [4.69, 9.17) is 5.11 Å². The minimum absolute atomic E-state index is 0.0212. The lowest BCUT2D eigenvalue weighted by atomic mass is 10.3. The number of aliphatic carboxylic acids is 1. The number of carboxylic acids is 1. The Labute approximate surface area is 96.4 Å². The lowest BCUT2D eigenvalue weighted by Crippen LogP contribution is -1.99. The fourth-order valence-corrected chi connectivity index (χ4v) is 2.12. The Morgan fingerprint density at radius 1 is 1.62 bits per heavy atom. The van der Waals surface area contributed by atoms with Crippen molar-refractivity contribution in [3.05, 3.63) is 22.8 Å². The number of hydrogen-bond acceptors (Lipinski definition) is 4. The molecule has 16 heavy (non-hydrogen) atoms. The molecular formula is C10H11N3O2S. The third-order valence-corrected chi connectivity index (χ3v) is 2.96. The predicted molar refractivity (Wildman–Crippen MR) is 60.3 cm³/mol. The third kappa shape index (κ3) is 2.27. The molecule has 0 saturated heterocycles. The number of thiazole rings is 1. The van der Waals surface area contributed by atoms with Crippen molar-refractivity contribution in [2.75, 3.05) is 0 Å². The van der Waals surface area contributed by atoms with Gasteiger partial charge in [0.15, 0.2) is 0 Å². The van der Waals surface area contributed by atoms with Crippen LogP contribution in [-0.2, 0) is 17.8 Å². The van der Waals surface area contributed by atoms with Crippen LogP contribution in [0.2, 0.25) is 0 Å². The van der Waals surface area contributed by atoms with Gasteiger partial charge in [-0.15, -0.1) is 11.3 Å². The number of rotatable bonds is 4. The van der Waals surface area contributed by atoms with Crippen LogP contribution in [0.25, 0.3) is 11.3 Å². The van der Waals surface area contributed by atoms with E-state index >= 15 is 0 Å². The molecule has 2 aromatic heterocycles. The zero-order valence-electron chi connectivity index (χ0n) is 8.75. The van der Waals surface area contributed by atoms with E-state index in [1.54, 1.807) is 6.20 Å². The molecule has 0 aromatic carbocycles. The summed E-state index contributed by atoms with van der Waals surface area (Å²) in [5.74, 6) is -0.856. The summed E-state index contributed by atoms with van der Waals surface area (Å²) in [6.07, 6.45) is 3.62. The van der Waals surface area contributed by atoms with Crippen molar-refractivity contribution in [3.8, 4) is 11.3 Å². The van der Waals surface area contributed by atoms with Crippen LogP contribution in [-0.4, -0.2) is 25.8 Å². The van der Waals surface area contributed by atoms with Crippen molar-refractivity contribution in [2.24, 2.45) is 0 Å². The van der Waals surface area contributed by atoms with Crippen LogP contribution >= 0.6 is 11.3 Å². The Kier molecular flexibility index (Phi) is 3.00. The zero-order chi connectivity index (χ0) is 11.5. The lowest BCUT2D eigenvalue weighted by molar-refractivity contribution is -0.136. The van der Waals surface area contributed by atoms with Crippen LogP contribution in [0.3, 0.4) is 0 Å². The number of aromatic nitrogens is 3. The second kappa shape index (κ2) is 4.44. The first kappa shape index (κ1) is 10.8. The Morgan fingerprint density at radius 2 is 2.44 bits per heavy atom. The van der Waals surface area contributed by atoms with Crippen molar-refractivity contribution in [3.63, 3.8) is 0 Å². The molecule has 84 valence electrons. The van der Waals surface area contributed by atoms with E-state index in [1.165, 1.54) is 11.3 Å². The van der Waals surface area contributed by atoms with E-state index in [2.05, 4.69) is 10.1 Å². The molecule has 0 fully saturated rings. The predicted octanol–water partition coefficient (Wildman–Crippen LogP) is 1.65. The second-order valence-corrected chi connectivity index (χ2v) is 4.22. The molecule has 2 heterocycles. The van der Waals surface area contributed by atoms with Gasteiger partial charge in [0.25, 0.3) is 0 Å². The first-order chi connectivity index (χ1) is 7.69. The Bertz CT molecular complexity index is 504. The first-order valence-corrected chi connectivity index (χ1v) is 5.76. The largest absolute Gasteiger partial charge is 0.481 e. The van der Waals surface area contributed by atoms with Crippen molar-refractivity contribution >= 4 is 17.3 Å². The summed E-state index contributed by atoms with van der Waals surface area (Å²) in [4.78, 5) is 14.8. The minimum Gasteiger partial charge on any atom is -0.481 e. The molecule has 0 bridgehead atoms. The molecule has 0 saturated carbocycles. The highest BCUT2D eigenvalue weighted by molar-refractivity contribution is 7.10. The molecule has 0 radical (unpaired) electrons. The van der Waals surface area contributed by atoms with Crippen LogP contribution in [0, 0.1) is 0 Å². The Hall–Kier alpha value is -1.69. The zero-order valence-corrected chi connectivity index (χ0v) is 9.57. The maximum Gasteiger partial charge on any atom is 0.310 e. The number of nitrogens with zero attached hydrogens (tertiary/aromatic N) is 3. The van der Waals surface area contributed by atoms with Crippen LogP contribution in [0.5, 0.6) is 0 Å². The van der Waals surface area contributed by atoms with Gasteiger partial charge in [0.05, 0.1) is 18.3 Å². The summed E-state index contributed by atoms with van der Waals surface area (Å²) in [7, 11) is 0. The van der Waals surface area contributed by atoms with Crippen LogP contribution < -0.4 is 0 Å². The summed E-state index contributed by atoms with van der Waals surface area (Å²) in [6.45, 7) is 2.82. The second-order valence-electron chi connectivity index (χ2n) is 3.28. The van der Waals surface area contributed by atoms with Gasteiger partial charge in [-0.1, -0.05) is 0 Å². The van der Waals surface area contributed by atoms with E-state index in [0.29, 0.717) is 5.01 Å². The fourth-order valence-electron chi connectivity index (χ4n) is 1.32. The topological polar surface area (TPSA) is 68.0 Å². The monoisotopic (exact) mass is 237 g/mol. The van der Waals surface area contributed by atoms with Gasteiger partial charge in [0, 0.05) is 23.7 Å². The Morgan fingerprint density at radius 3 is 3.06 bits per heavy atom. The van der Waals surface area contributed by atoms with Gasteiger partial charge < -0.3 is 5.11 Å². The molecule has 0 atom stereocenters. The number of aryl methyl sites for hydroxylation is 1. The van der Waals surface area contributed by atoms with Crippen LogP contribution in [0.4, 0.5) is 0 Å². The number of hydrogen-bond donors (Lipinski definition) is 1. The van der Waals surface area contributed by atoms with Gasteiger partial charge in [-0.25, -0.2) is 4.98 Å². The molecule has 2 aromatic rings. The number of carboxylic acid groups (broad SMARTS) is 1.